The van der Waals surface area contributed by atoms with Gasteiger partial charge in [-0.3, -0.25) is 28.6 Å². The zero-order valence-electron chi connectivity index (χ0n) is 18.3. The molecule has 3 N–H and O–H groups in total. The highest BCUT2D eigenvalue weighted by Gasteiger charge is 2.45. The van der Waals surface area contributed by atoms with Gasteiger partial charge in [-0.1, -0.05) is 18.2 Å². The number of benzene rings is 1. The van der Waals surface area contributed by atoms with Gasteiger partial charge in [-0.05, 0) is 23.8 Å². The van der Waals surface area contributed by atoms with E-state index in [-0.39, 0.29) is 17.4 Å². The lowest BCUT2D eigenvalue weighted by Crippen LogP contribution is -2.66. The molecule has 2 aliphatic heterocycles. The van der Waals surface area contributed by atoms with E-state index in [2.05, 4.69) is 10.6 Å². The predicted octanol–water partition coefficient (Wildman–Crippen LogP) is -0.527. The van der Waals surface area contributed by atoms with E-state index in [0.717, 1.165) is 9.60 Å². The molecule has 13 nitrogen and oxygen atoms in total. The van der Waals surface area contributed by atoms with Crippen LogP contribution in [0.5, 0.6) is 0 Å². The van der Waals surface area contributed by atoms with Crippen molar-refractivity contribution in [1.82, 2.24) is 24.7 Å². The first-order valence-corrected chi connectivity index (χ1v) is 12.8. The number of piperazine rings is 1. The van der Waals surface area contributed by atoms with Gasteiger partial charge < -0.3 is 15.5 Å². The van der Waals surface area contributed by atoms with Crippen LogP contribution in [0, 0.1) is 0 Å². The molecular formula is C20H21N5O8S2. The monoisotopic (exact) mass is 523 g/mol. The van der Waals surface area contributed by atoms with Gasteiger partial charge in [-0.25, -0.2) is 9.10 Å². The van der Waals surface area contributed by atoms with Gasteiger partial charge in [0.05, 0.1) is 6.54 Å². The Balaban J connectivity index is 1.58. The first-order chi connectivity index (χ1) is 16.5. The summed E-state index contributed by atoms with van der Waals surface area (Å²) < 4.78 is 32.4. The number of β-lactam (4-membered cyclic amide) rings is 1. The topological polar surface area (TPSA) is 173 Å². The van der Waals surface area contributed by atoms with E-state index < -0.39 is 58.6 Å². The van der Waals surface area contributed by atoms with Crippen LogP contribution in [-0.2, 0) is 29.5 Å². The summed E-state index contributed by atoms with van der Waals surface area (Å²) in [6.45, 7) is 1.62. The third kappa shape index (κ3) is 4.56. The van der Waals surface area contributed by atoms with Crippen LogP contribution in [0.3, 0.4) is 0 Å². The van der Waals surface area contributed by atoms with Gasteiger partial charge in [0, 0.05) is 29.9 Å². The van der Waals surface area contributed by atoms with E-state index in [1.54, 1.807) is 30.5 Å². The third-order valence-corrected chi connectivity index (χ3v) is 7.64. The first-order valence-electron chi connectivity index (χ1n) is 10.5. The van der Waals surface area contributed by atoms with Gasteiger partial charge in [-0.15, -0.1) is 11.3 Å². The molecule has 3 heterocycles. The summed E-state index contributed by atoms with van der Waals surface area (Å²) in [6, 6.07) is 3.52. The highest BCUT2D eigenvalue weighted by molar-refractivity contribution is 7.84. The number of hydrogen-bond donors (Lipinski definition) is 3. The Labute approximate surface area is 203 Å². The number of likely N-dealkylation sites (N-methyl/N-ethyl adjacent to an activating group) is 1. The van der Waals surface area contributed by atoms with Crippen LogP contribution in [-0.4, -0.2) is 89.0 Å². The zero-order valence-corrected chi connectivity index (χ0v) is 20.0. The van der Waals surface area contributed by atoms with Gasteiger partial charge in [0.2, 0.25) is 5.91 Å². The van der Waals surface area contributed by atoms with Crippen molar-refractivity contribution in [3.8, 4) is 0 Å². The summed E-state index contributed by atoms with van der Waals surface area (Å²) in [5, 5.41) is 7.14. The van der Waals surface area contributed by atoms with Crippen molar-refractivity contribution in [2.75, 3.05) is 26.2 Å². The Morgan fingerprint density at radius 2 is 1.89 bits per heavy atom. The summed E-state index contributed by atoms with van der Waals surface area (Å²) in [7, 11) is -4.74. The Hall–Kier alpha value is -3.56. The summed E-state index contributed by atoms with van der Waals surface area (Å²) in [6.07, 6.45) is 0. The molecule has 186 valence electrons. The van der Waals surface area contributed by atoms with Crippen molar-refractivity contribution < 1.29 is 36.9 Å². The largest absolute Gasteiger partial charge is 0.362 e. The van der Waals surface area contributed by atoms with Crippen molar-refractivity contribution in [2.24, 2.45) is 0 Å². The molecule has 2 aromatic rings. The summed E-state index contributed by atoms with van der Waals surface area (Å²) >= 11 is 1.31. The van der Waals surface area contributed by atoms with Crippen molar-refractivity contribution in [1.29, 1.82) is 0 Å². The second-order valence-corrected chi connectivity index (χ2v) is 10.1. The Morgan fingerprint density at radius 3 is 2.54 bits per heavy atom. The number of hydrogen-bond acceptors (Lipinski definition) is 8. The van der Waals surface area contributed by atoms with E-state index in [9.17, 15) is 32.4 Å². The quantitative estimate of drug-likeness (QED) is 0.257. The van der Waals surface area contributed by atoms with Gasteiger partial charge in [-0.2, -0.15) is 8.42 Å². The van der Waals surface area contributed by atoms with Crippen molar-refractivity contribution in [3.63, 3.8) is 0 Å². The van der Waals surface area contributed by atoms with Gasteiger partial charge >= 0.3 is 28.1 Å². The summed E-state index contributed by atoms with van der Waals surface area (Å²) in [5.41, 5.74) is 0.390. The lowest BCUT2D eigenvalue weighted by Gasteiger charge is -2.36. The minimum atomic E-state index is -4.74. The van der Waals surface area contributed by atoms with Gasteiger partial charge in [0.1, 0.15) is 12.1 Å². The van der Waals surface area contributed by atoms with Crippen LogP contribution in [0.15, 0.2) is 29.6 Å². The number of nitrogens with one attached hydrogen (secondary N) is 2. The van der Waals surface area contributed by atoms with Gasteiger partial charge in [0.25, 0.3) is 5.91 Å². The maximum atomic E-state index is 13.2. The molecule has 0 aliphatic carbocycles. The number of carbonyl (C=O) groups excluding carboxylic acids is 5. The molecule has 2 atom stereocenters. The number of carbonyl (C=O) groups is 5. The average Bonchev–Trinajstić information content (AvgIpc) is 3.24. The average molecular weight is 524 g/mol. The highest BCUT2D eigenvalue weighted by atomic mass is 32.2. The maximum Gasteiger partial charge on any atom is 0.362 e. The van der Waals surface area contributed by atoms with Crippen LogP contribution in [0.2, 0.25) is 0 Å². The molecule has 6 amide bonds. The van der Waals surface area contributed by atoms with E-state index >= 15 is 0 Å². The molecule has 2 saturated heterocycles. The molecule has 4 rings (SSSR count). The molecular weight excluding hydrogens is 502 g/mol. The molecule has 0 saturated carbocycles. The van der Waals surface area contributed by atoms with Crippen molar-refractivity contribution in [3.05, 3.63) is 35.2 Å². The van der Waals surface area contributed by atoms with Crippen LogP contribution in [0.1, 0.15) is 18.5 Å². The zero-order chi connectivity index (χ0) is 25.5. The number of imide groups is 1. The van der Waals surface area contributed by atoms with Crippen LogP contribution in [0.25, 0.3) is 10.1 Å². The van der Waals surface area contributed by atoms with Crippen molar-refractivity contribution >= 4 is 61.4 Å². The molecule has 35 heavy (non-hydrogen) atoms. The lowest BCUT2D eigenvalue weighted by molar-refractivity contribution is -0.153. The number of fused-ring (bicyclic) bond motifs is 1. The fourth-order valence-corrected chi connectivity index (χ4v) is 5.52. The second-order valence-electron chi connectivity index (χ2n) is 7.82. The minimum Gasteiger partial charge on any atom is -0.341 e. The normalized spacial score (nSPS) is 19.5. The molecule has 2 unspecified atom stereocenters. The van der Waals surface area contributed by atoms with Crippen LogP contribution < -0.4 is 10.6 Å². The smallest absolute Gasteiger partial charge is 0.341 e. The Kier molecular flexibility index (Phi) is 6.48. The molecule has 1 aromatic heterocycles. The predicted molar refractivity (Wildman–Crippen MR) is 122 cm³/mol. The molecule has 0 bridgehead atoms. The summed E-state index contributed by atoms with van der Waals surface area (Å²) in [5.74, 6) is -3.72. The molecule has 0 spiro atoms. The fraction of sp³-hybridized carbons (Fsp3) is 0.350. The van der Waals surface area contributed by atoms with Crippen LogP contribution >= 0.6 is 11.3 Å². The Morgan fingerprint density at radius 1 is 1.17 bits per heavy atom. The number of urea groups is 1. The molecule has 2 fully saturated rings. The highest BCUT2D eigenvalue weighted by Crippen LogP contribution is 2.31. The SMILES string of the molecule is CCN1CCN(C(=O)NC(C(=O)NC2CN(S(=O)(=O)O)C2=O)c2csc3ccccc23)C(=O)C1=O. The van der Waals surface area contributed by atoms with E-state index in [4.69, 9.17) is 4.55 Å². The maximum absolute atomic E-state index is 13.2. The van der Waals surface area contributed by atoms with E-state index in [1.165, 1.54) is 16.2 Å². The Bertz CT molecular complexity index is 1340. The first kappa shape index (κ1) is 24.6. The fourth-order valence-electron chi connectivity index (χ4n) is 3.84. The molecule has 15 heteroatoms. The van der Waals surface area contributed by atoms with Crippen LogP contribution in [0.4, 0.5) is 4.79 Å². The number of amides is 6. The van der Waals surface area contributed by atoms with E-state index in [1.807, 2.05) is 6.07 Å². The van der Waals surface area contributed by atoms with Gasteiger partial charge in [0.15, 0.2) is 0 Å². The molecule has 1 aromatic carbocycles. The van der Waals surface area contributed by atoms with Crippen molar-refractivity contribution in [2.45, 2.75) is 19.0 Å². The number of rotatable bonds is 6. The number of thiophene rings is 1. The number of nitrogens with zero attached hydrogens (tertiary/aromatic N) is 3. The minimum absolute atomic E-state index is 0.0621. The molecule has 0 radical (unpaired) electrons. The standard InChI is InChI=1S/C20H21N5O8S2/c1-2-23-7-8-24(19(29)18(23)28)20(30)22-15(12-10-34-14-6-4-3-5-11(12)14)16(26)21-13-9-25(17(13)27)35(31,32)33/h3-6,10,13,15H,2,7-9H2,1H3,(H,21,26)(H,22,30)(H,31,32,33). The lowest BCUT2D eigenvalue weighted by atomic mass is 10.0. The summed E-state index contributed by atoms with van der Waals surface area (Å²) in [4.78, 5) is 64.9. The molecule has 2 aliphatic rings. The third-order valence-electron chi connectivity index (χ3n) is 5.77. The van der Waals surface area contributed by atoms with E-state index in [0.29, 0.717) is 17.5 Å². The second kappa shape index (κ2) is 9.24.